The minimum absolute atomic E-state index is 0.108. The molecule has 4 N–H and O–H groups in total. The molecule has 20 heavy (non-hydrogen) atoms. The molecule has 1 aliphatic rings. The quantitative estimate of drug-likeness (QED) is 0.706. The van der Waals surface area contributed by atoms with E-state index in [2.05, 4.69) is 10.4 Å². The molecule has 0 aliphatic carbocycles. The molecule has 0 atom stereocenters. The number of amides is 1. The Morgan fingerprint density at radius 2 is 2.15 bits per heavy atom. The number of aliphatic hydroxyl groups is 1. The average molecular weight is 282 g/mol. The number of nitrogens with one attached hydrogen (secondary N) is 1. The van der Waals surface area contributed by atoms with Gasteiger partial charge in [0.05, 0.1) is 22.7 Å². The number of nitrogens with two attached hydrogens (primary N) is 1. The second-order valence-electron chi connectivity index (χ2n) is 5.36. The summed E-state index contributed by atoms with van der Waals surface area (Å²) >= 11 is 0. The summed E-state index contributed by atoms with van der Waals surface area (Å²) in [5, 5.41) is 17.2. The molecule has 1 aliphatic heterocycles. The number of ether oxygens (including phenoxy) is 1. The van der Waals surface area contributed by atoms with Crippen LogP contribution in [0.1, 0.15) is 24.2 Å². The maximum absolute atomic E-state index is 11.9. The van der Waals surface area contributed by atoms with E-state index in [1.165, 1.54) is 0 Å². The fourth-order valence-electron chi connectivity index (χ4n) is 2.25. The van der Waals surface area contributed by atoms with E-state index in [-0.39, 0.29) is 19.0 Å². The van der Waals surface area contributed by atoms with Crippen LogP contribution in [0.25, 0.3) is 0 Å². The molecule has 0 aromatic carbocycles. The number of carbonyl (C=O) groups is 1. The lowest BCUT2D eigenvalue weighted by Gasteiger charge is -2.32. The molecule has 112 valence electrons. The lowest BCUT2D eigenvalue weighted by Crippen LogP contribution is -2.47. The predicted molar refractivity (Wildman–Crippen MR) is 74.1 cm³/mol. The van der Waals surface area contributed by atoms with Crippen LogP contribution in [-0.4, -0.2) is 46.2 Å². The van der Waals surface area contributed by atoms with Gasteiger partial charge in [-0.15, -0.1) is 0 Å². The Hall–Kier alpha value is -1.60. The largest absolute Gasteiger partial charge is 0.396 e. The van der Waals surface area contributed by atoms with Gasteiger partial charge in [0.1, 0.15) is 6.54 Å². The van der Waals surface area contributed by atoms with Crippen molar-refractivity contribution in [3.8, 4) is 0 Å². The molecule has 0 spiro atoms. The third kappa shape index (κ3) is 3.29. The molecule has 0 unspecified atom stereocenters. The maximum Gasteiger partial charge on any atom is 0.241 e. The van der Waals surface area contributed by atoms with Crippen LogP contribution in [-0.2, 0) is 16.1 Å². The summed E-state index contributed by atoms with van der Waals surface area (Å²) in [5.41, 5.74) is 7.07. The van der Waals surface area contributed by atoms with Gasteiger partial charge in [-0.1, -0.05) is 0 Å². The third-order valence-electron chi connectivity index (χ3n) is 3.77. The van der Waals surface area contributed by atoms with Crippen LogP contribution in [0.5, 0.6) is 0 Å². The molecule has 2 heterocycles. The number of hydrogen-bond donors (Lipinski definition) is 3. The number of hydrogen-bond acceptors (Lipinski definition) is 5. The fourth-order valence-corrected chi connectivity index (χ4v) is 2.25. The van der Waals surface area contributed by atoms with E-state index in [4.69, 9.17) is 10.5 Å². The molecule has 0 bridgehead atoms. The summed E-state index contributed by atoms with van der Waals surface area (Å²) in [5.74, 6) is -0.185. The summed E-state index contributed by atoms with van der Waals surface area (Å²) in [6.07, 6.45) is 1.08. The average Bonchev–Trinajstić information content (AvgIpc) is 2.65. The molecule has 1 saturated heterocycles. The highest BCUT2D eigenvalue weighted by Crippen LogP contribution is 2.19. The zero-order valence-electron chi connectivity index (χ0n) is 12.0. The van der Waals surface area contributed by atoms with E-state index in [9.17, 15) is 9.90 Å². The number of aryl methyl sites for hydroxylation is 1. The van der Waals surface area contributed by atoms with Crippen LogP contribution >= 0.6 is 0 Å². The summed E-state index contributed by atoms with van der Waals surface area (Å²) in [6.45, 7) is 5.04. The molecule has 1 amide bonds. The van der Waals surface area contributed by atoms with Gasteiger partial charge in [0.25, 0.3) is 0 Å². The molecule has 1 aromatic heterocycles. The lowest BCUT2D eigenvalue weighted by atomic mass is 9.94. The minimum Gasteiger partial charge on any atom is -0.396 e. The van der Waals surface area contributed by atoms with E-state index in [1.54, 1.807) is 4.68 Å². The first-order valence-corrected chi connectivity index (χ1v) is 6.77. The first-order valence-electron chi connectivity index (χ1n) is 6.77. The van der Waals surface area contributed by atoms with E-state index in [1.807, 2.05) is 13.8 Å². The zero-order chi connectivity index (χ0) is 14.8. The van der Waals surface area contributed by atoms with Gasteiger partial charge in [0.2, 0.25) is 5.91 Å². The maximum atomic E-state index is 11.9. The van der Waals surface area contributed by atoms with Crippen molar-refractivity contribution in [2.24, 2.45) is 0 Å². The van der Waals surface area contributed by atoms with Crippen molar-refractivity contribution in [1.29, 1.82) is 0 Å². The Bertz CT molecular complexity index is 492. The van der Waals surface area contributed by atoms with E-state index >= 15 is 0 Å². The van der Waals surface area contributed by atoms with Crippen molar-refractivity contribution in [2.75, 3.05) is 25.5 Å². The van der Waals surface area contributed by atoms with Crippen LogP contribution in [0.15, 0.2) is 0 Å². The number of nitrogen functional groups attached to an aromatic ring is 1. The van der Waals surface area contributed by atoms with Crippen LogP contribution < -0.4 is 11.1 Å². The Morgan fingerprint density at radius 3 is 2.70 bits per heavy atom. The monoisotopic (exact) mass is 282 g/mol. The second kappa shape index (κ2) is 5.80. The van der Waals surface area contributed by atoms with Crippen molar-refractivity contribution >= 4 is 11.6 Å². The topological polar surface area (TPSA) is 102 Å². The highest BCUT2D eigenvalue weighted by molar-refractivity contribution is 5.76. The summed E-state index contributed by atoms with van der Waals surface area (Å²) in [6, 6.07) is 0. The van der Waals surface area contributed by atoms with Crippen molar-refractivity contribution in [3.05, 3.63) is 11.4 Å². The Kier molecular flexibility index (Phi) is 4.29. The van der Waals surface area contributed by atoms with E-state index in [0.717, 1.165) is 11.4 Å². The summed E-state index contributed by atoms with van der Waals surface area (Å²) in [4.78, 5) is 11.9. The smallest absolute Gasteiger partial charge is 0.241 e. The van der Waals surface area contributed by atoms with Crippen LogP contribution in [0, 0.1) is 13.8 Å². The lowest BCUT2D eigenvalue weighted by molar-refractivity contribution is -0.124. The first-order chi connectivity index (χ1) is 9.41. The molecule has 7 heteroatoms. The molecular weight excluding hydrogens is 260 g/mol. The number of rotatable bonds is 4. The van der Waals surface area contributed by atoms with Crippen LogP contribution in [0.3, 0.4) is 0 Å². The molecule has 0 radical (unpaired) electrons. The highest BCUT2D eigenvalue weighted by Gasteiger charge is 2.30. The van der Waals surface area contributed by atoms with Gasteiger partial charge < -0.3 is 20.9 Å². The molecule has 1 fully saturated rings. The Morgan fingerprint density at radius 1 is 1.50 bits per heavy atom. The number of carbonyl (C=O) groups excluding carboxylic acids is 1. The molecule has 1 aromatic rings. The van der Waals surface area contributed by atoms with Crippen LogP contribution in [0.4, 0.5) is 5.69 Å². The van der Waals surface area contributed by atoms with Gasteiger partial charge in [-0.2, -0.15) is 5.10 Å². The Balaban J connectivity index is 1.87. The second-order valence-corrected chi connectivity index (χ2v) is 5.36. The zero-order valence-corrected chi connectivity index (χ0v) is 12.0. The van der Waals surface area contributed by atoms with Gasteiger partial charge >= 0.3 is 0 Å². The van der Waals surface area contributed by atoms with Crippen LogP contribution in [0.2, 0.25) is 0 Å². The van der Waals surface area contributed by atoms with Gasteiger partial charge in [0.15, 0.2) is 0 Å². The highest BCUT2D eigenvalue weighted by atomic mass is 16.5. The Labute approximate surface area is 118 Å². The predicted octanol–water partition coefficient (Wildman–Crippen LogP) is -0.260. The molecule has 0 saturated carbocycles. The van der Waals surface area contributed by atoms with Gasteiger partial charge in [0, 0.05) is 32.6 Å². The fraction of sp³-hybridized carbons (Fsp3) is 0.692. The standard InChI is InChI=1S/C13H22N4O3/c1-9-12(14)10(2)17(16-9)7-11(18)15-8-13(19)3-5-20-6-4-13/h19H,3-8,14H2,1-2H3,(H,15,18). The summed E-state index contributed by atoms with van der Waals surface area (Å²) < 4.78 is 6.78. The minimum atomic E-state index is -0.859. The van der Waals surface area contributed by atoms with Gasteiger partial charge in [-0.25, -0.2) is 0 Å². The van der Waals surface area contributed by atoms with Crippen molar-refractivity contribution < 1.29 is 14.6 Å². The first kappa shape index (κ1) is 14.8. The van der Waals surface area contributed by atoms with Gasteiger partial charge in [-0.3, -0.25) is 9.48 Å². The molecular formula is C13H22N4O3. The van der Waals surface area contributed by atoms with Crippen molar-refractivity contribution in [2.45, 2.75) is 38.8 Å². The van der Waals surface area contributed by atoms with Crippen molar-refractivity contribution in [3.63, 3.8) is 0 Å². The van der Waals surface area contributed by atoms with Gasteiger partial charge in [-0.05, 0) is 13.8 Å². The van der Waals surface area contributed by atoms with Crippen molar-refractivity contribution in [1.82, 2.24) is 15.1 Å². The van der Waals surface area contributed by atoms with E-state index in [0.29, 0.717) is 31.7 Å². The number of nitrogens with zero attached hydrogens (tertiary/aromatic N) is 2. The number of anilines is 1. The normalized spacial score (nSPS) is 17.9. The summed E-state index contributed by atoms with van der Waals surface area (Å²) in [7, 11) is 0. The SMILES string of the molecule is Cc1nn(CC(=O)NCC2(O)CCOCC2)c(C)c1N. The van der Waals surface area contributed by atoms with E-state index < -0.39 is 5.60 Å². The molecule has 7 nitrogen and oxygen atoms in total. The molecule has 2 rings (SSSR count). The number of aromatic nitrogens is 2. The third-order valence-corrected chi connectivity index (χ3v) is 3.77.